The smallest absolute Gasteiger partial charge is 0.156 e. The molecule has 0 aromatic heterocycles. The van der Waals surface area contributed by atoms with Crippen LogP contribution < -0.4 is 5.32 Å². The number of hydrogen-bond donors (Lipinski definition) is 1. The molecule has 2 nitrogen and oxygen atoms in total. The summed E-state index contributed by atoms with van der Waals surface area (Å²) in [6.45, 7) is 3.23. The van der Waals surface area contributed by atoms with Gasteiger partial charge >= 0.3 is 0 Å². The fourth-order valence-corrected chi connectivity index (χ4v) is 2.65. The summed E-state index contributed by atoms with van der Waals surface area (Å²) in [5.74, 6) is 2.45. The average molecular weight is 218 g/mol. The number of aliphatic imine (C=N–C) groups is 1. The minimum Gasteiger partial charge on any atom is -0.362 e. The molecule has 0 saturated carbocycles. The number of amidine groups is 1. The molecular formula is C9H18N2S2. The predicted octanol–water partition coefficient (Wildman–Crippen LogP) is 2.21. The van der Waals surface area contributed by atoms with E-state index in [1.807, 2.05) is 23.5 Å². The molecule has 1 aliphatic heterocycles. The van der Waals surface area contributed by atoms with Gasteiger partial charge in [0, 0.05) is 18.3 Å². The Labute approximate surface area is 89.3 Å². The first-order valence-electron chi connectivity index (χ1n) is 4.75. The Morgan fingerprint density at radius 2 is 2.54 bits per heavy atom. The van der Waals surface area contributed by atoms with Gasteiger partial charge in [-0.2, -0.15) is 11.8 Å². The third-order valence-corrected chi connectivity index (χ3v) is 3.58. The van der Waals surface area contributed by atoms with Crippen LogP contribution in [0.4, 0.5) is 0 Å². The lowest BCUT2D eigenvalue weighted by Crippen LogP contribution is -2.32. The van der Waals surface area contributed by atoms with Gasteiger partial charge < -0.3 is 5.32 Å². The number of rotatable bonds is 4. The van der Waals surface area contributed by atoms with Crippen molar-refractivity contribution in [2.45, 2.75) is 25.8 Å². The van der Waals surface area contributed by atoms with Gasteiger partial charge in [0.1, 0.15) is 0 Å². The molecular weight excluding hydrogens is 200 g/mol. The van der Waals surface area contributed by atoms with Crippen LogP contribution in [0.2, 0.25) is 0 Å². The highest BCUT2D eigenvalue weighted by Crippen LogP contribution is 2.11. The van der Waals surface area contributed by atoms with E-state index in [0.717, 1.165) is 11.7 Å². The molecule has 0 aliphatic carbocycles. The van der Waals surface area contributed by atoms with Gasteiger partial charge in [-0.3, -0.25) is 4.99 Å². The molecule has 1 N–H and O–H groups in total. The zero-order chi connectivity index (χ0) is 9.52. The predicted molar refractivity (Wildman–Crippen MR) is 65.0 cm³/mol. The van der Waals surface area contributed by atoms with Crippen LogP contribution in [-0.2, 0) is 0 Å². The summed E-state index contributed by atoms with van der Waals surface area (Å²) >= 11 is 3.76. The highest BCUT2D eigenvalue weighted by Gasteiger charge is 2.08. The molecule has 0 saturated heterocycles. The Morgan fingerprint density at radius 1 is 1.69 bits per heavy atom. The van der Waals surface area contributed by atoms with Crippen molar-refractivity contribution in [1.82, 2.24) is 5.32 Å². The van der Waals surface area contributed by atoms with Crippen LogP contribution in [0.3, 0.4) is 0 Å². The van der Waals surface area contributed by atoms with E-state index in [2.05, 4.69) is 23.5 Å². The molecule has 0 aromatic carbocycles. The van der Waals surface area contributed by atoms with Gasteiger partial charge in [0.25, 0.3) is 0 Å². The minimum absolute atomic E-state index is 0.566. The molecule has 0 bridgehead atoms. The van der Waals surface area contributed by atoms with Crippen molar-refractivity contribution >= 4 is 28.7 Å². The molecule has 1 unspecified atom stereocenters. The molecule has 0 fully saturated rings. The Hall–Kier alpha value is 0.170. The van der Waals surface area contributed by atoms with Crippen molar-refractivity contribution in [2.75, 3.05) is 24.3 Å². The molecule has 1 heterocycles. The van der Waals surface area contributed by atoms with Crippen LogP contribution in [0.1, 0.15) is 19.8 Å². The van der Waals surface area contributed by atoms with Crippen molar-refractivity contribution in [3.8, 4) is 0 Å². The van der Waals surface area contributed by atoms with E-state index in [9.17, 15) is 0 Å². The largest absolute Gasteiger partial charge is 0.362 e. The van der Waals surface area contributed by atoms with Crippen molar-refractivity contribution in [3.05, 3.63) is 0 Å². The summed E-state index contributed by atoms with van der Waals surface area (Å²) < 4.78 is 0. The van der Waals surface area contributed by atoms with Gasteiger partial charge in [-0.05, 0) is 31.8 Å². The normalized spacial score (nSPS) is 19.4. The second kappa shape index (κ2) is 6.60. The van der Waals surface area contributed by atoms with E-state index in [1.54, 1.807) is 0 Å². The number of nitrogens with zero attached hydrogens (tertiary/aromatic N) is 1. The first-order chi connectivity index (χ1) is 6.33. The molecule has 1 rings (SSSR count). The van der Waals surface area contributed by atoms with E-state index >= 15 is 0 Å². The maximum Gasteiger partial charge on any atom is 0.156 e. The first kappa shape index (κ1) is 11.2. The molecule has 0 amide bonds. The van der Waals surface area contributed by atoms with Gasteiger partial charge in [0.2, 0.25) is 0 Å². The van der Waals surface area contributed by atoms with E-state index in [4.69, 9.17) is 0 Å². The lowest BCUT2D eigenvalue weighted by molar-refractivity contribution is 0.649. The Balaban J connectivity index is 2.18. The quantitative estimate of drug-likeness (QED) is 0.783. The van der Waals surface area contributed by atoms with Crippen LogP contribution in [0.25, 0.3) is 0 Å². The highest BCUT2D eigenvalue weighted by molar-refractivity contribution is 8.13. The molecule has 0 radical (unpaired) electrons. The monoisotopic (exact) mass is 218 g/mol. The second-order valence-electron chi connectivity index (χ2n) is 3.22. The molecule has 1 aliphatic rings. The molecule has 76 valence electrons. The maximum absolute atomic E-state index is 4.44. The second-order valence-corrected chi connectivity index (χ2v) is 5.28. The fraction of sp³-hybridized carbons (Fsp3) is 0.889. The van der Waals surface area contributed by atoms with Crippen LogP contribution in [0.15, 0.2) is 4.99 Å². The zero-order valence-corrected chi connectivity index (χ0v) is 10.0. The SMILES string of the molecule is CSCCC(C)NC1=NCCCS1. The van der Waals surface area contributed by atoms with E-state index in [0.29, 0.717) is 6.04 Å². The van der Waals surface area contributed by atoms with Crippen molar-refractivity contribution in [2.24, 2.45) is 4.99 Å². The third kappa shape index (κ3) is 4.81. The van der Waals surface area contributed by atoms with Crippen LogP contribution in [-0.4, -0.2) is 35.5 Å². The van der Waals surface area contributed by atoms with Gasteiger partial charge in [-0.15, -0.1) is 0 Å². The van der Waals surface area contributed by atoms with E-state index in [-0.39, 0.29) is 0 Å². The van der Waals surface area contributed by atoms with Crippen LogP contribution in [0, 0.1) is 0 Å². The lowest BCUT2D eigenvalue weighted by atomic mass is 10.3. The molecule has 0 aromatic rings. The average Bonchev–Trinajstić information content (AvgIpc) is 2.16. The summed E-state index contributed by atoms with van der Waals surface area (Å²) in [4.78, 5) is 4.44. The third-order valence-electron chi connectivity index (χ3n) is 1.92. The molecule has 4 heteroatoms. The standard InChI is InChI=1S/C9H18N2S2/c1-8(4-7-12-2)11-9-10-5-3-6-13-9/h8H,3-7H2,1-2H3,(H,10,11). The van der Waals surface area contributed by atoms with Gasteiger partial charge in [0.15, 0.2) is 5.17 Å². The lowest BCUT2D eigenvalue weighted by Gasteiger charge is -2.18. The van der Waals surface area contributed by atoms with Crippen LogP contribution >= 0.6 is 23.5 Å². The maximum atomic E-state index is 4.44. The Bertz CT molecular complexity index is 171. The highest BCUT2D eigenvalue weighted by atomic mass is 32.2. The first-order valence-corrected chi connectivity index (χ1v) is 7.13. The van der Waals surface area contributed by atoms with Crippen molar-refractivity contribution in [1.29, 1.82) is 0 Å². The van der Waals surface area contributed by atoms with Gasteiger partial charge in [-0.25, -0.2) is 0 Å². The number of nitrogens with one attached hydrogen (secondary N) is 1. The zero-order valence-electron chi connectivity index (χ0n) is 8.38. The molecule has 0 spiro atoms. The fourth-order valence-electron chi connectivity index (χ4n) is 1.12. The Morgan fingerprint density at radius 3 is 3.15 bits per heavy atom. The van der Waals surface area contributed by atoms with Gasteiger partial charge in [0.05, 0.1) is 0 Å². The Kier molecular flexibility index (Phi) is 5.71. The summed E-state index contributed by atoms with van der Waals surface area (Å²) in [7, 11) is 0. The number of hydrogen-bond acceptors (Lipinski definition) is 4. The molecule has 1 atom stereocenters. The van der Waals surface area contributed by atoms with E-state index in [1.165, 1.54) is 24.3 Å². The van der Waals surface area contributed by atoms with Crippen LogP contribution in [0.5, 0.6) is 0 Å². The van der Waals surface area contributed by atoms with Gasteiger partial charge in [-0.1, -0.05) is 11.8 Å². The summed E-state index contributed by atoms with van der Waals surface area (Å²) in [5, 5.41) is 4.61. The van der Waals surface area contributed by atoms with Crippen molar-refractivity contribution in [3.63, 3.8) is 0 Å². The summed E-state index contributed by atoms with van der Waals surface area (Å²) in [6, 6.07) is 0.566. The minimum atomic E-state index is 0.566. The summed E-state index contributed by atoms with van der Waals surface area (Å²) in [5.41, 5.74) is 0. The topological polar surface area (TPSA) is 24.4 Å². The number of thioether (sulfide) groups is 2. The molecule has 13 heavy (non-hydrogen) atoms. The summed E-state index contributed by atoms with van der Waals surface area (Å²) in [6.07, 6.45) is 4.61. The van der Waals surface area contributed by atoms with Crippen molar-refractivity contribution < 1.29 is 0 Å². The van der Waals surface area contributed by atoms with E-state index < -0.39 is 0 Å².